The van der Waals surface area contributed by atoms with E-state index in [1.165, 1.54) is 6.33 Å². The minimum atomic E-state index is -2.36. The van der Waals surface area contributed by atoms with Crippen molar-refractivity contribution in [1.29, 1.82) is 0 Å². The van der Waals surface area contributed by atoms with Gasteiger partial charge in [-0.25, -0.2) is 9.97 Å². The van der Waals surface area contributed by atoms with Gasteiger partial charge in [0.25, 0.3) is 0 Å². The first-order chi connectivity index (χ1) is 5.54. The molecule has 9 heteroatoms. The van der Waals surface area contributed by atoms with E-state index in [2.05, 4.69) is 15.1 Å². The number of hydrogen-bond acceptors (Lipinski definition) is 5. The fourth-order valence-corrected chi connectivity index (χ4v) is 0.348. The molecular weight excluding hydrogens is 188 g/mol. The standard InChI is InChI=1S/C3H3N3O2.H3NO2S/c7-6(8)3-1-4-2-5-3;1-4(2)3/h1-2H,(H,4,5);1H2,(H,2,3)/p-1. The van der Waals surface area contributed by atoms with Crippen LogP contribution in [0.4, 0.5) is 5.82 Å². The number of aromatic amines is 1. The molecule has 68 valence electrons. The van der Waals surface area contributed by atoms with Gasteiger partial charge in [-0.15, -0.1) is 0 Å². The summed E-state index contributed by atoms with van der Waals surface area (Å²) in [4.78, 5) is 15.0. The third kappa shape index (κ3) is 5.46. The number of hydrogen-bond donors (Lipinski definition) is 2. The number of nitrogens with zero attached hydrogens (tertiary/aromatic N) is 2. The molecule has 0 aliphatic rings. The molecule has 1 rings (SSSR count). The van der Waals surface area contributed by atoms with E-state index in [1.807, 2.05) is 0 Å². The third-order valence-corrected chi connectivity index (χ3v) is 0.680. The van der Waals surface area contributed by atoms with Crippen LogP contribution in [0.15, 0.2) is 12.5 Å². The van der Waals surface area contributed by atoms with Crippen molar-refractivity contribution in [1.82, 2.24) is 9.97 Å². The van der Waals surface area contributed by atoms with Crippen molar-refractivity contribution in [2.24, 2.45) is 5.14 Å². The molecule has 0 aromatic carbocycles. The maximum absolute atomic E-state index is 9.80. The summed E-state index contributed by atoms with van der Waals surface area (Å²) >= 11 is -2.36. The third-order valence-electron chi connectivity index (χ3n) is 0.680. The quantitative estimate of drug-likeness (QED) is 0.336. The minimum Gasteiger partial charge on any atom is -0.760 e. The zero-order valence-corrected chi connectivity index (χ0v) is 6.48. The van der Waals surface area contributed by atoms with Crippen molar-refractivity contribution in [2.45, 2.75) is 0 Å². The highest BCUT2D eigenvalue weighted by molar-refractivity contribution is 7.76. The van der Waals surface area contributed by atoms with Crippen LogP contribution in [0.25, 0.3) is 0 Å². The van der Waals surface area contributed by atoms with Crippen LogP contribution >= 0.6 is 0 Å². The topological polar surface area (TPSA) is 138 Å². The Hall–Kier alpha value is -1.32. The molecule has 8 nitrogen and oxygen atoms in total. The van der Waals surface area contributed by atoms with Crippen LogP contribution in [-0.4, -0.2) is 23.7 Å². The molecule has 0 amide bonds. The number of nitrogens with one attached hydrogen (secondary N) is 1. The van der Waals surface area contributed by atoms with Crippen molar-refractivity contribution in [2.75, 3.05) is 0 Å². The highest BCUT2D eigenvalue weighted by Crippen LogP contribution is 1.99. The fraction of sp³-hybridized carbons (Fsp3) is 0. The summed E-state index contributed by atoms with van der Waals surface area (Å²) in [5, 5.41) is 13.8. The molecule has 0 aliphatic heterocycles. The van der Waals surface area contributed by atoms with Crippen molar-refractivity contribution in [3.05, 3.63) is 22.6 Å². The van der Waals surface area contributed by atoms with E-state index in [9.17, 15) is 10.1 Å². The lowest BCUT2D eigenvalue weighted by molar-refractivity contribution is -0.389. The second kappa shape index (κ2) is 5.35. The fourth-order valence-electron chi connectivity index (χ4n) is 0.348. The second-order valence-electron chi connectivity index (χ2n) is 1.45. The molecule has 0 fully saturated rings. The van der Waals surface area contributed by atoms with Crippen LogP contribution in [0, 0.1) is 10.1 Å². The average Bonchev–Trinajstić information content (AvgIpc) is 2.34. The van der Waals surface area contributed by atoms with Gasteiger partial charge in [0.2, 0.25) is 0 Å². The number of rotatable bonds is 1. The molecule has 1 heterocycles. The van der Waals surface area contributed by atoms with Gasteiger partial charge in [0.15, 0.2) is 6.33 Å². The predicted molar refractivity (Wildman–Crippen MR) is 38.3 cm³/mol. The minimum absolute atomic E-state index is 0.0787. The highest BCUT2D eigenvalue weighted by atomic mass is 32.2. The number of H-pyrrole nitrogens is 1. The molecular formula is C3H5N4O4S-. The smallest absolute Gasteiger partial charge is 0.340 e. The van der Waals surface area contributed by atoms with Crippen molar-refractivity contribution < 1.29 is 13.7 Å². The van der Waals surface area contributed by atoms with E-state index in [1.54, 1.807) is 0 Å². The van der Waals surface area contributed by atoms with Crippen LogP contribution < -0.4 is 5.14 Å². The zero-order valence-electron chi connectivity index (χ0n) is 5.67. The van der Waals surface area contributed by atoms with Gasteiger partial charge in [-0.05, 0) is 4.92 Å². The molecule has 1 unspecified atom stereocenters. The van der Waals surface area contributed by atoms with Crippen LogP contribution in [0.2, 0.25) is 0 Å². The lowest BCUT2D eigenvalue weighted by Crippen LogP contribution is -1.97. The lowest BCUT2D eigenvalue weighted by atomic mass is 10.8. The van der Waals surface area contributed by atoms with Gasteiger partial charge in [-0.2, -0.15) is 0 Å². The Labute approximate surface area is 69.4 Å². The van der Waals surface area contributed by atoms with Crippen LogP contribution in [-0.2, 0) is 11.3 Å². The van der Waals surface area contributed by atoms with E-state index >= 15 is 0 Å². The first kappa shape index (κ1) is 10.7. The number of aromatic nitrogens is 2. The molecule has 0 saturated heterocycles. The predicted octanol–water partition coefficient (Wildman–Crippen LogP) is -0.943. The van der Waals surface area contributed by atoms with Crippen molar-refractivity contribution in [3.63, 3.8) is 0 Å². The Kier molecular flexibility index (Phi) is 4.76. The van der Waals surface area contributed by atoms with Gasteiger partial charge in [0.1, 0.15) is 6.20 Å². The van der Waals surface area contributed by atoms with E-state index in [-0.39, 0.29) is 5.82 Å². The largest absolute Gasteiger partial charge is 0.760 e. The molecule has 1 aromatic heterocycles. The monoisotopic (exact) mass is 193 g/mol. The van der Waals surface area contributed by atoms with Crippen LogP contribution in [0.1, 0.15) is 0 Å². The van der Waals surface area contributed by atoms with Gasteiger partial charge in [-0.1, -0.05) is 0 Å². The number of nitrogens with two attached hydrogens (primary N) is 1. The Bertz CT molecular complexity index is 255. The SMILES string of the molecule is NS(=O)[O-].O=[N+]([O-])c1cnc[nH]1. The molecule has 3 N–H and O–H groups in total. The van der Waals surface area contributed by atoms with Gasteiger partial charge in [0.05, 0.1) is 0 Å². The molecule has 1 atom stereocenters. The molecule has 0 radical (unpaired) electrons. The summed E-state index contributed by atoms with van der Waals surface area (Å²) in [6, 6.07) is 0. The van der Waals surface area contributed by atoms with E-state index in [4.69, 9.17) is 8.76 Å². The van der Waals surface area contributed by atoms with E-state index < -0.39 is 16.2 Å². The number of imidazole rings is 1. The zero-order chi connectivity index (χ0) is 9.56. The summed E-state index contributed by atoms with van der Waals surface area (Å²) in [6.07, 6.45) is 2.41. The Balaban J connectivity index is 0.000000261. The summed E-state index contributed by atoms with van der Waals surface area (Å²) in [5.41, 5.74) is 0. The summed E-state index contributed by atoms with van der Waals surface area (Å²) in [7, 11) is 0. The normalized spacial score (nSPS) is 11.2. The Morgan fingerprint density at radius 3 is 2.42 bits per heavy atom. The first-order valence-electron chi connectivity index (χ1n) is 2.50. The summed E-state index contributed by atoms with van der Waals surface area (Å²) in [6.45, 7) is 0. The molecule has 0 spiro atoms. The summed E-state index contributed by atoms with van der Waals surface area (Å²) < 4.78 is 17.6. The summed E-state index contributed by atoms with van der Waals surface area (Å²) in [5.74, 6) is -0.0787. The molecule has 12 heavy (non-hydrogen) atoms. The second-order valence-corrected chi connectivity index (χ2v) is 1.98. The molecule has 0 bridgehead atoms. The Morgan fingerprint density at radius 2 is 2.25 bits per heavy atom. The lowest BCUT2D eigenvalue weighted by Gasteiger charge is -1.85. The first-order valence-corrected chi connectivity index (χ1v) is 3.64. The maximum atomic E-state index is 9.80. The Morgan fingerprint density at radius 1 is 1.75 bits per heavy atom. The van der Waals surface area contributed by atoms with Crippen LogP contribution in [0.5, 0.6) is 0 Å². The highest BCUT2D eigenvalue weighted by Gasteiger charge is 1.99. The molecule has 0 saturated carbocycles. The van der Waals surface area contributed by atoms with Gasteiger partial charge in [-0.3, -0.25) is 9.35 Å². The van der Waals surface area contributed by atoms with Gasteiger partial charge < -0.3 is 14.7 Å². The average molecular weight is 193 g/mol. The van der Waals surface area contributed by atoms with Gasteiger partial charge >= 0.3 is 5.82 Å². The van der Waals surface area contributed by atoms with E-state index in [0.717, 1.165) is 6.20 Å². The molecule has 0 aliphatic carbocycles. The number of nitro groups is 1. The maximum Gasteiger partial charge on any atom is 0.340 e. The van der Waals surface area contributed by atoms with Gasteiger partial charge in [0, 0.05) is 11.3 Å². The molecule has 1 aromatic rings. The van der Waals surface area contributed by atoms with Crippen molar-refractivity contribution in [3.8, 4) is 0 Å². The van der Waals surface area contributed by atoms with Crippen LogP contribution in [0.3, 0.4) is 0 Å². The van der Waals surface area contributed by atoms with Crippen molar-refractivity contribution >= 4 is 17.1 Å². The van der Waals surface area contributed by atoms with E-state index in [0.29, 0.717) is 0 Å².